The van der Waals surface area contributed by atoms with E-state index in [0.29, 0.717) is 5.02 Å². The highest BCUT2D eigenvalue weighted by Gasteiger charge is 2.29. The van der Waals surface area contributed by atoms with Gasteiger partial charge in [0.15, 0.2) is 5.78 Å². The van der Waals surface area contributed by atoms with E-state index in [0.717, 1.165) is 5.56 Å². The van der Waals surface area contributed by atoms with Crippen molar-refractivity contribution in [3.05, 3.63) is 47.0 Å². The van der Waals surface area contributed by atoms with Crippen molar-refractivity contribution in [1.82, 2.24) is 0 Å². The van der Waals surface area contributed by atoms with Crippen LogP contribution in [0, 0.1) is 0 Å². The summed E-state index contributed by atoms with van der Waals surface area (Å²) in [6, 6.07) is 7.02. The first-order valence-electron chi connectivity index (χ1n) is 4.34. The molecule has 72 valence electrons. The lowest BCUT2D eigenvalue weighted by Crippen LogP contribution is -2.17. The fourth-order valence-corrected chi connectivity index (χ4v) is 1.84. The molecule has 0 heterocycles. The van der Waals surface area contributed by atoms with E-state index in [9.17, 15) is 9.90 Å². The molecule has 1 unspecified atom stereocenters. The molecule has 2 nitrogen and oxygen atoms in total. The Bertz CT molecular complexity index is 398. The van der Waals surface area contributed by atoms with Crippen LogP contribution >= 0.6 is 11.6 Å². The molecule has 14 heavy (non-hydrogen) atoms. The molecular weight excluding hydrogens is 200 g/mol. The quantitative estimate of drug-likeness (QED) is 0.766. The maximum Gasteiger partial charge on any atom is 0.165 e. The first kappa shape index (κ1) is 9.44. The highest BCUT2D eigenvalue weighted by Crippen LogP contribution is 2.28. The minimum Gasteiger partial charge on any atom is -0.388 e. The third kappa shape index (κ3) is 1.59. The molecular formula is C11H9ClO2. The smallest absolute Gasteiger partial charge is 0.165 e. The second-order valence-corrected chi connectivity index (χ2v) is 3.72. The highest BCUT2D eigenvalue weighted by atomic mass is 35.5. The number of allylic oxidation sites excluding steroid dienone is 1. The van der Waals surface area contributed by atoms with Gasteiger partial charge < -0.3 is 5.11 Å². The number of aliphatic hydroxyl groups excluding tert-OH is 1. The summed E-state index contributed by atoms with van der Waals surface area (Å²) in [5.74, 6) is -0.548. The normalized spacial score (nSPS) is 25.7. The van der Waals surface area contributed by atoms with Crippen molar-refractivity contribution in [1.29, 1.82) is 0 Å². The Kier molecular flexibility index (Phi) is 2.40. The van der Waals surface area contributed by atoms with E-state index < -0.39 is 12.0 Å². The lowest BCUT2D eigenvalue weighted by atomic mass is 9.94. The number of benzene rings is 1. The molecule has 1 N–H and O–H groups in total. The zero-order chi connectivity index (χ0) is 10.1. The number of hydrogen-bond acceptors (Lipinski definition) is 2. The molecule has 0 amide bonds. The first-order chi connectivity index (χ1) is 6.68. The van der Waals surface area contributed by atoms with Gasteiger partial charge in [-0.3, -0.25) is 4.79 Å². The number of hydrogen-bond donors (Lipinski definition) is 1. The van der Waals surface area contributed by atoms with Gasteiger partial charge in [0.2, 0.25) is 0 Å². The molecule has 1 aromatic carbocycles. The van der Waals surface area contributed by atoms with Crippen LogP contribution in [0.1, 0.15) is 11.5 Å². The van der Waals surface area contributed by atoms with Crippen molar-refractivity contribution in [2.45, 2.75) is 12.0 Å². The standard InChI is InChI=1S/C11H9ClO2/c12-8-3-1-2-7(6-8)11-9(13)4-5-10(11)14/h1-6,9,11,13H/t9-,11?/m0/s1. The van der Waals surface area contributed by atoms with Gasteiger partial charge >= 0.3 is 0 Å². The number of halogens is 1. The molecule has 3 heteroatoms. The Balaban J connectivity index is 2.36. The first-order valence-corrected chi connectivity index (χ1v) is 4.72. The van der Waals surface area contributed by atoms with Gasteiger partial charge in [0.1, 0.15) is 0 Å². The minimum absolute atomic E-state index is 0.0697. The Morgan fingerprint density at radius 1 is 1.36 bits per heavy atom. The van der Waals surface area contributed by atoms with E-state index in [1.54, 1.807) is 24.3 Å². The van der Waals surface area contributed by atoms with Crippen molar-refractivity contribution >= 4 is 17.4 Å². The molecule has 0 aromatic heterocycles. The molecule has 1 aromatic rings. The number of rotatable bonds is 1. The van der Waals surface area contributed by atoms with Crippen molar-refractivity contribution in [2.75, 3.05) is 0 Å². The fraction of sp³-hybridized carbons (Fsp3) is 0.182. The predicted octanol–water partition coefficient (Wildman–Crippen LogP) is 1.92. The van der Waals surface area contributed by atoms with Crippen LogP contribution in [0.3, 0.4) is 0 Å². The summed E-state index contributed by atoms with van der Waals surface area (Å²) >= 11 is 5.81. The van der Waals surface area contributed by atoms with Gasteiger partial charge in [0.25, 0.3) is 0 Å². The average molecular weight is 209 g/mol. The maximum atomic E-state index is 11.4. The van der Waals surface area contributed by atoms with Gasteiger partial charge in [0.05, 0.1) is 12.0 Å². The Hall–Kier alpha value is -1.12. The summed E-state index contributed by atoms with van der Waals surface area (Å²) in [6.45, 7) is 0. The van der Waals surface area contributed by atoms with Gasteiger partial charge in [-0.25, -0.2) is 0 Å². The van der Waals surface area contributed by atoms with E-state index in [1.165, 1.54) is 12.2 Å². The van der Waals surface area contributed by atoms with Gasteiger partial charge in [-0.1, -0.05) is 29.8 Å². The zero-order valence-electron chi connectivity index (χ0n) is 7.35. The van der Waals surface area contributed by atoms with Crippen LogP contribution in [0.25, 0.3) is 0 Å². The van der Waals surface area contributed by atoms with E-state index in [1.807, 2.05) is 0 Å². The number of aliphatic hydroxyl groups is 1. The van der Waals surface area contributed by atoms with E-state index in [-0.39, 0.29) is 5.78 Å². The van der Waals surface area contributed by atoms with Crippen LogP contribution in [-0.4, -0.2) is 17.0 Å². The Morgan fingerprint density at radius 2 is 2.14 bits per heavy atom. The second kappa shape index (κ2) is 3.56. The minimum atomic E-state index is -0.721. The molecule has 0 radical (unpaired) electrons. The Labute approximate surface area is 86.8 Å². The summed E-state index contributed by atoms with van der Waals surface area (Å²) in [5.41, 5.74) is 0.764. The second-order valence-electron chi connectivity index (χ2n) is 3.28. The summed E-state index contributed by atoms with van der Waals surface area (Å²) in [4.78, 5) is 11.4. The van der Waals surface area contributed by atoms with Crippen LogP contribution < -0.4 is 0 Å². The number of carbonyl (C=O) groups excluding carboxylic acids is 1. The predicted molar refractivity (Wildman–Crippen MR) is 54.3 cm³/mol. The summed E-state index contributed by atoms with van der Waals surface area (Å²) < 4.78 is 0. The summed E-state index contributed by atoms with van der Waals surface area (Å²) in [7, 11) is 0. The molecule has 1 aliphatic rings. The number of ketones is 1. The fourth-order valence-electron chi connectivity index (χ4n) is 1.64. The zero-order valence-corrected chi connectivity index (χ0v) is 8.11. The highest BCUT2D eigenvalue weighted by molar-refractivity contribution is 6.30. The molecule has 1 aliphatic carbocycles. The molecule has 0 spiro atoms. The molecule has 0 saturated heterocycles. The molecule has 0 bridgehead atoms. The molecule has 0 saturated carbocycles. The van der Waals surface area contributed by atoms with Gasteiger partial charge in [-0.2, -0.15) is 0 Å². The lowest BCUT2D eigenvalue weighted by molar-refractivity contribution is -0.116. The van der Waals surface area contributed by atoms with Crippen LogP contribution in [-0.2, 0) is 4.79 Å². The van der Waals surface area contributed by atoms with Crippen LogP contribution in [0.4, 0.5) is 0 Å². The molecule has 0 aliphatic heterocycles. The van der Waals surface area contributed by atoms with Crippen LogP contribution in [0.5, 0.6) is 0 Å². The van der Waals surface area contributed by atoms with Crippen molar-refractivity contribution in [3.8, 4) is 0 Å². The van der Waals surface area contributed by atoms with Gasteiger partial charge in [-0.05, 0) is 23.8 Å². The summed E-state index contributed by atoms with van der Waals surface area (Å²) in [5, 5.41) is 10.1. The van der Waals surface area contributed by atoms with Crippen molar-refractivity contribution in [3.63, 3.8) is 0 Å². The van der Waals surface area contributed by atoms with E-state index in [2.05, 4.69) is 0 Å². The van der Waals surface area contributed by atoms with Gasteiger partial charge in [0, 0.05) is 5.02 Å². The van der Waals surface area contributed by atoms with Crippen molar-refractivity contribution in [2.24, 2.45) is 0 Å². The van der Waals surface area contributed by atoms with Crippen molar-refractivity contribution < 1.29 is 9.90 Å². The Morgan fingerprint density at radius 3 is 2.71 bits per heavy atom. The lowest BCUT2D eigenvalue weighted by Gasteiger charge is -2.13. The summed E-state index contributed by atoms with van der Waals surface area (Å²) in [6.07, 6.45) is 2.20. The van der Waals surface area contributed by atoms with E-state index >= 15 is 0 Å². The third-order valence-electron chi connectivity index (χ3n) is 2.31. The van der Waals surface area contributed by atoms with Crippen LogP contribution in [0.15, 0.2) is 36.4 Å². The topological polar surface area (TPSA) is 37.3 Å². The monoisotopic (exact) mass is 208 g/mol. The van der Waals surface area contributed by atoms with Gasteiger partial charge in [-0.15, -0.1) is 0 Å². The SMILES string of the molecule is O=C1C=C[C@H](O)C1c1cccc(Cl)c1. The number of carbonyl (C=O) groups is 1. The molecule has 2 rings (SSSR count). The van der Waals surface area contributed by atoms with E-state index in [4.69, 9.17) is 11.6 Å². The maximum absolute atomic E-state index is 11.4. The largest absolute Gasteiger partial charge is 0.388 e. The average Bonchev–Trinajstić information content (AvgIpc) is 2.46. The molecule has 0 fully saturated rings. The third-order valence-corrected chi connectivity index (χ3v) is 2.55. The molecule has 2 atom stereocenters. The van der Waals surface area contributed by atoms with Crippen LogP contribution in [0.2, 0.25) is 5.02 Å².